The van der Waals surface area contributed by atoms with Crippen LogP contribution < -0.4 is 4.90 Å². The van der Waals surface area contributed by atoms with Gasteiger partial charge in [0, 0.05) is 41.0 Å². The van der Waals surface area contributed by atoms with Crippen LogP contribution >= 0.6 is 22.7 Å². The number of carbonyl (C=O) groups excluding carboxylic acids is 2. The number of ether oxygens (including phenoxy) is 2. The number of nitrogens with zero attached hydrogens (tertiary/aromatic N) is 2. The molecular formula is C30H29F3N2O4S2. The zero-order valence-electron chi connectivity index (χ0n) is 22.4. The number of carbonyl (C=O) groups is 2. The molecule has 1 aliphatic heterocycles. The van der Waals surface area contributed by atoms with Crippen molar-refractivity contribution in [1.82, 2.24) is 4.98 Å². The molecule has 1 amide bonds. The van der Waals surface area contributed by atoms with E-state index in [1.807, 2.05) is 35.7 Å². The standard InChI is InChI=1S/C30H29F3N2O4S2/c1-38-29(37)27-25(16-26(41-27)20-5-2-19(3-6-20)4-11-23-17-40-18-34-23)35(24-12-14-39-15-13-24)28(36)21-7-9-22(10-8-21)30(31,32)33/h2-3,5-6,16-18,21-22,24H,7-10,12-15H2,1H3. The number of benzene rings is 1. The topological polar surface area (TPSA) is 68.7 Å². The van der Waals surface area contributed by atoms with Crippen LogP contribution in [-0.4, -0.2) is 49.4 Å². The van der Waals surface area contributed by atoms with Gasteiger partial charge in [-0.3, -0.25) is 4.79 Å². The molecule has 0 N–H and O–H groups in total. The number of thiophene rings is 1. The van der Waals surface area contributed by atoms with Crippen molar-refractivity contribution in [2.45, 2.75) is 50.7 Å². The van der Waals surface area contributed by atoms with Gasteiger partial charge in [-0.05, 0) is 68.2 Å². The molecule has 1 aliphatic carbocycles. The van der Waals surface area contributed by atoms with Crippen molar-refractivity contribution in [2.75, 3.05) is 25.2 Å². The lowest BCUT2D eigenvalue weighted by Gasteiger charge is -2.38. The third-order valence-electron chi connectivity index (χ3n) is 7.61. The van der Waals surface area contributed by atoms with E-state index in [1.165, 1.54) is 29.8 Å². The van der Waals surface area contributed by atoms with E-state index in [4.69, 9.17) is 9.47 Å². The van der Waals surface area contributed by atoms with Crippen LogP contribution in [-0.2, 0) is 14.3 Å². The third kappa shape index (κ3) is 6.83. The maximum Gasteiger partial charge on any atom is 0.391 e. The number of alkyl halides is 3. The van der Waals surface area contributed by atoms with Crippen molar-refractivity contribution in [1.29, 1.82) is 0 Å². The molecule has 1 saturated heterocycles. The predicted molar refractivity (Wildman–Crippen MR) is 152 cm³/mol. The van der Waals surface area contributed by atoms with E-state index in [9.17, 15) is 22.8 Å². The number of hydrogen-bond donors (Lipinski definition) is 0. The zero-order valence-corrected chi connectivity index (χ0v) is 24.0. The summed E-state index contributed by atoms with van der Waals surface area (Å²) in [5.74, 6) is 3.38. The van der Waals surface area contributed by atoms with Gasteiger partial charge in [0.15, 0.2) is 0 Å². The normalized spacial score (nSPS) is 19.7. The first kappa shape index (κ1) is 29.3. The fourth-order valence-electron chi connectivity index (χ4n) is 5.37. The van der Waals surface area contributed by atoms with Crippen molar-refractivity contribution < 1.29 is 32.2 Å². The van der Waals surface area contributed by atoms with E-state index in [0.29, 0.717) is 42.3 Å². The highest BCUT2D eigenvalue weighted by Crippen LogP contribution is 2.43. The monoisotopic (exact) mass is 602 g/mol. The van der Waals surface area contributed by atoms with Crippen LogP contribution in [0.25, 0.3) is 10.4 Å². The Kier molecular flexibility index (Phi) is 9.12. The number of amides is 1. The fourth-order valence-corrected chi connectivity index (χ4v) is 6.93. The van der Waals surface area contributed by atoms with Crippen LogP contribution in [0.3, 0.4) is 0 Å². The Morgan fingerprint density at radius 1 is 1.05 bits per heavy atom. The first-order chi connectivity index (χ1) is 19.7. The number of methoxy groups -OCH3 is 1. The summed E-state index contributed by atoms with van der Waals surface area (Å²) in [6.07, 6.45) is -2.93. The summed E-state index contributed by atoms with van der Waals surface area (Å²) in [6, 6.07) is 9.16. The molecule has 2 fully saturated rings. The second-order valence-corrected chi connectivity index (χ2v) is 11.9. The van der Waals surface area contributed by atoms with Crippen LogP contribution in [0, 0.1) is 23.7 Å². The van der Waals surface area contributed by atoms with E-state index in [1.54, 1.807) is 10.4 Å². The number of halogens is 3. The van der Waals surface area contributed by atoms with Gasteiger partial charge in [-0.15, -0.1) is 22.7 Å². The second-order valence-electron chi connectivity index (χ2n) is 10.2. The van der Waals surface area contributed by atoms with Crippen LogP contribution in [0.4, 0.5) is 18.9 Å². The lowest BCUT2D eigenvalue weighted by atomic mass is 9.80. The van der Waals surface area contributed by atoms with Crippen LogP contribution in [0.2, 0.25) is 0 Å². The summed E-state index contributed by atoms with van der Waals surface area (Å²) in [5.41, 5.74) is 4.52. The molecule has 216 valence electrons. The van der Waals surface area contributed by atoms with Crippen molar-refractivity contribution in [2.24, 2.45) is 11.8 Å². The first-order valence-corrected chi connectivity index (χ1v) is 15.2. The number of thiazole rings is 1. The lowest BCUT2D eigenvalue weighted by Crippen LogP contribution is -2.47. The molecule has 0 bridgehead atoms. The Hall–Kier alpha value is -3.20. The van der Waals surface area contributed by atoms with E-state index >= 15 is 0 Å². The molecule has 3 heterocycles. The Balaban J connectivity index is 1.46. The van der Waals surface area contributed by atoms with Crippen LogP contribution in [0.1, 0.15) is 59.5 Å². The van der Waals surface area contributed by atoms with E-state index < -0.39 is 24.0 Å². The molecule has 1 aromatic carbocycles. The number of aromatic nitrogens is 1. The molecule has 11 heteroatoms. The molecule has 5 rings (SSSR count). The number of anilines is 1. The summed E-state index contributed by atoms with van der Waals surface area (Å²) in [7, 11) is 1.29. The van der Waals surface area contributed by atoms with E-state index in [2.05, 4.69) is 16.8 Å². The van der Waals surface area contributed by atoms with Gasteiger partial charge in [0.2, 0.25) is 5.91 Å². The van der Waals surface area contributed by atoms with Gasteiger partial charge >= 0.3 is 12.1 Å². The maximum atomic E-state index is 14.0. The molecule has 1 saturated carbocycles. The molecule has 0 radical (unpaired) electrons. The summed E-state index contributed by atoms with van der Waals surface area (Å²) < 4.78 is 50.5. The Labute approximate surface area is 244 Å². The smallest absolute Gasteiger partial charge is 0.391 e. The zero-order chi connectivity index (χ0) is 29.0. The van der Waals surface area contributed by atoms with Gasteiger partial charge in [-0.2, -0.15) is 13.2 Å². The van der Waals surface area contributed by atoms with Crippen LogP contribution in [0.5, 0.6) is 0 Å². The molecule has 0 atom stereocenters. The minimum absolute atomic E-state index is 0.0714. The number of hydrogen-bond acceptors (Lipinski definition) is 7. The highest BCUT2D eigenvalue weighted by molar-refractivity contribution is 7.18. The average molecular weight is 603 g/mol. The van der Waals surface area contributed by atoms with Gasteiger partial charge in [-0.25, -0.2) is 9.78 Å². The van der Waals surface area contributed by atoms with Gasteiger partial charge in [0.05, 0.1) is 24.2 Å². The van der Waals surface area contributed by atoms with Crippen molar-refractivity contribution >= 4 is 40.2 Å². The molecule has 2 aromatic heterocycles. The summed E-state index contributed by atoms with van der Waals surface area (Å²) in [5, 5.41) is 1.87. The molecule has 0 unspecified atom stereocenters. The van der Waals surface area contributed by atoms with Gasteiger partial charge in [0.1, 0.15) is 10.6 Å². The van der Waals surface area contributed by atoms with Gasteiger partial charge in [-0.1, -0.05) is 18.1 Å². The summed E-state index contributed by atoms with van der Waals surface area (Å²) >= 11 is 2.71. The summed E-state index contributed by atoms with van der Waals surface area (Å²) in [6.45, 7) is 0.923. The Bertz CT molecular complexity index is 1410. The average Bonchev–Trinajstić information content (AvgIpc) is 3.67. The Morgan fingerprint density at radius 3 is 2.37 bits per heavy atom. The molecule has 0 spiro atoms. The molecule has 2 aliphatic rings. The largest absolute Gasteiger partial charge is 0.465 e. The van der Waals surface area contributed by atoms with Crippen molar-refractivity contribution in [3.63, 3.8) is 0 Å². The molecule has 3 aromatic rings. The highest BCUT2D eigenvalue weighted by Gasteiger charge is 2.44. The molecular weight excluding hydrogens is 573 g/mol. The first-order valence-electron chi connectivity index (χ1n) is 13.4. The SMILES string of the molecule is COC(=O)c1sc(-c2ccc(C#Cc3cscn3)cc2)cc1N(C(=O)C1CCC(C(F)(F)F)CC1)C1CCOCC1. The molecule has 41 heavy (non-hydrogen) atoms. The minimum Gasteiger partial charge on any atom is -0.465 e. The van der Waals surface area contributed by atoms with Crippen LogP contribution in [0.15, 0.2) is 41.2 Å². The van der Waals surface area contributed by atoms with Gasteiger partial charge < -0.3 is 14.4 Å². The minimum atomic E-state index is -4.25. The number of esters is 1. The predicted octanol–water partition coefficient (Wildman–Crippen LogP) is 6.94. The third-order valence-corrected chi connectivity index (χ3v) is 9.35. The van der Waals surface area contributed by atoms with Crippen molar-refractivity contribution in [3.8, 4) is 22.3 Å². The maximum absolute atomic E-state index is 14.0. The Morgan fingerprint density at radius 2 is 1.76 bits per heavy atom. The second kappa shape index (κ2) is 12.8. The van der Waals surface area contributed by atoms with E-state index in [0.717, 1.165) is 16.0 Å². The lowest BCUT2D eigenvalue weighted by molar-refractivity contribution is -0.184. The molecule has 6 nitrogen and oxygen atoms in total. The van der Waals surface area contributed by atoms with Gasteiger partial charge in [0.25, 0.3) is 0 Å². The quantitative estimate of drug-likeness (QED) is 0.234. The van der Waals surface area contributed by atoms with Crippen molar-refractivity contribution in [3.05, 3.63) is 57.4 Å². The summed E-state index contributed by atoms with van der Waals surface area (Å²) in [4.78, 5) is 33.8. The highest BCUT2D eigenvalue weighted by atomic mass is 32.1. The fraction of sp³-hybridized carbons (Fsp3) is 0.433. The number of rotatable bonds is 5. The van der Waals surface area contributed by atoms with E-state index in [-0.39, 0.29) is 37.6 Å².